The number of hydrogen-bond donors (Lipinski definition) is 1. The minimum atomic E-state index is -0.804. The molecule has 0 spiro atoms. The summed E-state index contributed by atoms with van der Waals surface area (Å²) >= 11 is 0. The minimum Gasteiger partial charge on any atom is -0.492 e. The fourth-order valence-electron chi connectivity index (χ4n) is 2.24. The summed E-state index contributed by atoms with van der Waals surface area (Å²) in [6.45, 7) is 1.07. The van der Waals surface area contributed by atoms with Crippen LogP contribution in [-0.2, 0) is 6.54 Å². The topological polar surface area (TPSA) is 56.1 Å². The van der Waals surface area contributed by atoms with E-state index in [0.717, 1.165) is 12.1 Å². The Bertz CT molecular complexity index is 846. The molecule has 0 saturated heterocycles. The fourth-order valence-corrected chi connectivity index (χ4v) is 2.24. The van der Waals surface area contributed by atoms with Gasteiger partial charge in [-0.2, -0.15) is 0 Å². The van der Waals surface area contributed by atoms with Crippen LogP contribution in [0, 0.1) is 11.6 Å². The van der Waals surface area contributed by atoms with E-state index in [9.17, 15) is 13.6 Å². The number of nitrogens with one attached hydrogen (secondary N) is 1. The van der Waals surface area contributed by atoms with Gasteiger partial charge in [-0.1, -0.05) is 6.07 Å². The fraction of sp³-hybridized carbons (Fsp3) is 0.111. The lowest BCUT2D eigenvalue weighted by Crippen LogP contribution is -2.13. The molecule has 1 heterocycles. The van der Waals surface area contributed by atoms with E-state index in [0.29, 0.717) is 30.7 Å². The van der Waals surface area contributed by atoms with Crippen molar-refractivity contribution in [2.75, 3.05) is 11.9 Å². The number of anilines is 1. The summed E-state index contributed by atoms with van der Waals surface area (Å²) in [5.74, 6) is -1.64. The normalized spacial score (nSPS) is 10.5. The van der Waals surface area contributed by atoms with E-state index in [4.69, 9.17) is 4.74 Å². The second kappa shape index (κ2) is 7.57. The molecule has 0 radical (unpaired) electrons. The summed E-state index contributed by atoms with van der Waals surface area (Å²) < 4.78 is 33.9. The lowest BCUT2D eigenvalue weighted by atomic mass is 10.2. The molecule has 0 saturated carbocycles. The molecule has 0 unspecified atom stereocenters. The molecule has 0 atom stereocenters. The van der Waals surface area contributed by atoms with Crippen molar-refractivity contribution in [3.05, 3.63) is 78.4 Å². The second-order valence-electron chi connectivity index (χ2n) is 5.29. The zero-order valence-corrected chi connectivity index (χ0v) is 13.2. The van der Waals surface area contributed by atoms with Gasteiger partial charge in [-0.3, -0.25) is 4.79 Å². The third-order valence-electron chi connectivity index (χ3n) is 3.39. The first-order valence-electron chi connectivity index (χ1n) is 7.56. The van der Waals surface area contributed by atoms with Crippen LogP contribution in [0.2, 0.25) is 0 Å². The molecule has 128 valence electrons. The lowest BCUT2D eigenvalue weighted by molar-refractivity contribution is 0.102. The van der Waals surface area contributed by atoms with E-state index in [1.165, 1.54) is 0 Å². The molecule has 2 aromatic carbocycles. The molecular weight excluding hydrogens is 328 g/mol. The number of ether oxygens (including phenoxy) is 1. The number of hydrogen-bond acceptors (Lipinski definition) is 3. The monoisotopic (exact) mass is 343 g/mol. The van der Waals surface area contributed by atoms with Crippen molar-refractivity contribution in [2.45, 2.75) is 6.54 Å². The molecule has 5 nitrogen and oxygen atoms in total. The van der Waals surface area contributed by atoms with Crippen LogP contribution in [0.25, 0.3) is 0 Å². The van der Waals surface area contributed by atoms with Crippen LogP contribution >= 0.6 is 0 Å². The third-order valence-corrected chi connectivity index (χ3v) is 3.39. The molecule has 7 heteroatoms. The van der Waals surface area contributed by atoms with Crippen molar-refractivity contribution in [2.24, 2.45) is 0 Å². The zero-order chi connectivity index (χ0) is 17.6. The molecule has 1 amide bonds. The van der Waals surface area contributed by atoms with Gasteiger partial charge >= 0.3 is 0 Å². The number of carbonyl (C=O) groups excluding carboxylic acids is 1. The average molecular weight is 343 g/mol. The van der Waals surface area contributed by atoms with Crippen molar-refractivity contribution >= 4 is 11.6 Å². The largest absolute Gasteiger partial charge is 0.492 e. The maximum atomic E-state index is 13.2. The van der Waals surface area contributed by atoms with E-state index >= 15 is 0 Å². The number of nitrogens with zero attached hydrogens (tertiary/aromatic N) is 2. The Hall–Kier alpha value is -3.22. The Morgan fingerprint density at radius 3 is 2.68 bits per heavy atom. The number of amides is 1. The number of aromatic nitrogens is 2. The summed E-state index contributed by atoms with van der Waals surface area (Å²) in [7, 11) is 0. The first kappa shape index (κ1) is 16.6. The van der Waals surface area contributed by atoms with Gasteiger partial charge in [0.1, 0.15) is 24.0 Å². The predicted molar refractivity (Wildman–Crippen MR) is 88.5 cm³/mol. The Kier molecular flexibility index (Phi) is 5.03. The minimum absolute atomic E-state index is 0.0936. The first-order valence-corrected chi connectivity index (χ1v) is 7.56. The van der Waals surface area contributed by atoms with Crippen molar-refractivity contribution in [1.29, 1.82) is 0 Å². The number of benzene rings is 2. The molecule has 3 rings (SSSR count). The van der Waals surface area contributed by atoms with Crippen molar-refractivity contribution in [3.8, 4) is 5.75 Å². The number of imidazole rings is 1. The molecule has 25 heavy (non-hydrogen) atoms. The van der Waals surface area contributed by atoms with Gasteiger partial charge in [-0.25, -0.2) is 13.8 Å². The van der Waals surface area contributed by atoms with Crippen LogP contribution in [0.5, 0.6) is 5.75 Å². The summed E-state index contributed by atoms with van der Waals surface area (Å²) in [5, 5.41) is 2.59. The molecule has 0 aliphatic carbocycles. The van der Waals surface area contributed by atoms with Crippen LogP contribution in [0.15, 0.2) is 61.2 Å². The lowest BCUT2D eigenvalue weighted by Gasteiger charge is -2.10. The number of halogens is 2. The van der Waals surface area contributed by atoms with Crippen molar-refractivity contribution in [3.63, 3.8) is 0 Å². The Labute approximate surface area is 142 Å². The summed E-state index contributed by atoms with van der Waals surface area (Å²) in [6, 6.07) is 9.44. The Balaban J connectivity index is 1.61. The standard InChI is InChI=1S/C18H15F2N3O2/c19-14-8-13(9-15(20)10-14)18(24)22-16-2-1-3-17(11-16)25-7-6-23-5-4-21-12-23/h1-5,8-12H,6-7H2,(H,22,24). The van der Waals surface area contributed by atoms with Crippen LogP contribution < -0.4 is 10.1 Å². The smallest absolute Gasteiger partial charge is 0.255 e. The van der Waals surface area contributed by atoms with E-state index < -0.39 is 17.5 Å². The van der Waals surface area contributed by atoms with Gasteiger partial charge in [0.05, 0.1) is 12.9 Å². The van der Waals surface area contributed by atoms with Gasteiger partial charge in [0.25, 0.3) is 5.91 Å². The van der Waals surface area contributed by atoms with Gasteiger partial charge in [-0.15, -0.1) is 0 Å². The molecule has 0 aliphatic heterocycles. The van der Waals surface area contributed by atoms with Gasteiger partial charge in [0.2, 0.25) is 0 Å². The molecule has 3 aromatic rings. The summed E-state index contributed by atoms with van der Waals surface area (Å²) in [5.41, 5.74) is 0.374. The van der Waals surface area contributed by atoms with Crippen molar-refractivity contribution in [1.82, 2.24) is 9.55 Å². The Morgan fingerprint density at radius 2 is 1.96 bits per heavy atom. The van der Waals surface area contributed by atoms with Crippen molar-refractivity contribution < 1.29 is 18.3 Å². The molecule has 0 fully saturated rings. The summed E-state index contributed by atoms with van der Waals surface area (Å²) in [4.78, 5) is 16.0. The predicted octanol–water partition coefficient (Wildman–Crippen LogP) is 3.49. The van der Waals surface area contributed by atoms with Gasteiger partial charge < -0.3 is 14.6 Å². The van der Waals surface area contributed by atoms with Gasteiger partial charge in [-0.05, 0) is 24.3 Å². The first-order chi connectivity index (χ1) is 12.1. The quantitative estimate of drug-likeness (QED) is 0.745. The average Bonchev–Trinajstić information content (AvgIpc) is 3.08. The maximum Gasteiger partial charge on any atom is 0.255 e. The Morgan fingerprint density at radius 1 is 1.16 bits per heavy atom. The molecular formula is C18H15F2N3O2. The highest BCUT2D eigenvalue weighted by atomic mass is 19.1. The molecule has 0 bridgehead atoms. The van der Waals surface area contributed by atoms with Crippen LogP contribution in [0.4, 0.5) is 14.5 Å². The zero-order valence-electron chi connectivity index (χ0n) is 13.2. The van der Waals surface area contributed by atoms with E-state index in [2.05, 4.69) is 10.3 Å². The molecule has 1 aromatic heterocycles. The van der Waals surface area contributed by atoms with Gasteiger partial charge in [0, 0.05) is 35.8 Å². The highest BCUT2D eigenvalue weighted by Crippen LogP contribution is 2.18. The highest BCUT2D eigenvalue weighted by molar-refractivity contribution is 6.04. The van der Waals surface area contributed by atoms with Gasteiger partial charge in [0.15, 0.2) is 0 Å². The van der Waals surface area contributed by atoms with Crippen LogP contribution in [0.1, 0.15) is 10.4 Å². The number of rotatable bonds is 6. The van der Waals surface area contributed by atoms with Crippen LogP contribution in [0.3, 0.4) is 0 Å². The second-order valence-corrected chi connectivity index (χ2v) is 5.29. The molecule has 1 N–H and O–H groups in total. The van der Waals surface area contributed by atoms with E-state index in [1.807, 2.05) is 10.8 Å². The molecule has 0 aliphatic rings. The van der Waals surface area contributed by atoms with Crippen LogP contribution in [-0.4, -0.2) is 22.1 Å². The van der Waals surface area contributed by atoms with E-state index in [-0.39, 0.29) is 5.56 Å². The number of carbonyl (C=O) groups is 1. The SMILES string of the molecule is O=C(Nc1cccc(OCCn2ccnc2)c1)c1cc(F)cc(F)c1. The van der Waals surface area contributed by atoms with E-state index in [1.54, 1.807) is 36.8 Å². The third kappa shape index (κ3) is 4.63. The highest BCUT2D eigenvalue weighted by Gasteiger charge is 2.10. The summed E-state index contributed by atoms with van der Waals surface area (Å²) in [6.07, 6.45) is 5.21. The maximum absolute atomic E-state index is 13.2.